The minimum atomic E-state index is -1.56. The molecule has 6 unspecified atom stereocenters. The Bertz CT molecular complexity index is 685. The molecule has 0 saturated carbocycles. The third kappa shape index (κ3) is 6.13. The molecule has 1 amide bonds. The number of carbonyl (C=O) groups excluding carboxylic acids is 2. The summed E-state index contributed by atoms with van der Waals surface area (Å²) in [5, 5.41) is 43.4. The van der Waals surface area contributed by atoms with Crippen LogP contribution in [0.4, 0.5) is 0 Å². The SMILES string of the molecule is CC1CC(I)CCC(O)C(O)C(=O)NC(C(O)Cc2cccc(O)c2C=O)C1. The number of hydrogen-bond donors (Lipinski definition) is 5. The Balaban J connectivity index is 2.22. The molecule has 6 atom stereocenters. The van der Waals surface area contributed by atoms with Gasteiger partial charge in [0.25, 0.3) is 5.91 Å². The highest BCUT2D eigenvalue weighted by atomic mass is 127. The lowest BCUT2D eigenvalue weighted by Crippen LogP contribution is -2.51. The van der Waals surface area contributed by atoms with Crippen LogP contribution in [-0.2, 0) is 11.2 Å². The summed E-state index contributed by atoms with van der Waals surface area (Å²) in [5.74, 6) is -0.683. The highest BCUT2D eigenvalue weighted by molar-refractivity contribution is 14.1. The van der Waals surface area contributed by atoms with Gasteiger partial charge in [-0.2, -0.15) is 0 Å². The van der Waals surface area contributed by atoms with Crippen molar-refractivity contribution in [3.63, 3.8) is 0 Å². The number of hydrogen-bond acceptors (Lipinski definition) is 6. The number of aliphatic hydroxyl groups excluding tert-OH is 3. The maximum atomic E-state index is 12.4. The number of benzene rings is 1. The number of amides is 1. The van der Waals surface area contributed by atoms with Crippen molar-refractivity contribution < 1.29 is 30.0 Å². The van der Waals surface area contributed by atoms with Crippen LogP contribution in [0.5, 0.6) is 5.75 Å². The monoisotopic (exact) mass is 505 g/mol. The number of phenolic OH excluding ortho intramolecular Hbond substituents is 1. The normalized spacial score (nSPS) is 30.8. The molecule has 2 rings (SSSR count). The molecule has 7 nitrogen and oxygen atoms in total. The number of rotatable bonds is 4. The highest BCUT2D eigenvalue weighted by Crippen LogP contribution is 2.26. The maximum Gasteiger partial charge on any atom is 0.251 e. The van der Waals surface area contributed by atoms with Gasteiger partial charge in [0.15, 0.2) is 12.4 Å². The standard InChI is InChI=1S/C20H28INO6/c1-11-7-13(21)5-6-17(25)19(27)20(28)22-15(8-11)18(26)9-12-3-2-4-16(24)14(12)10-23/h2-4,10-11,13,15,17-19,24-27H,5-9H2,1H3,(H,22,28). The van der Waals surface area contributed by atoms with Crippen LogP contribution in [0.1, 0.15) is 48.5 Å². The predicted molar refractivity (Wildman–Crippen MR) is 113 cm³/mol. The fourth-order valence-electron chi connectivity index (χ4n) is 3.63. The van der Waals surface area contributed by atoms with E-state index in [9.17, 15) is 30.0 Å². The maximum absolute atomic E-state index is 12.4. The molecule has 0 bridgehead atoms. The fraction of sp³-hybridized carbons (Fsp3) is 0.600. The number of aldehydes is 1. The second kappa shape index (κ2) is 10.5. The molecular formula is C20H28INO6. The van der Waals surface area contributed by atoms with Crippen molar-refractivity contribution in [3.8, 4) is 5.75 Å². The Morgan fingerprint density at radius 2 is 2.00 bits per heavy atom. The van der Waals surface area contributed by atoms with Gasteiger partial charge in [0.05, 0.1) is 23.8 Å². The van der Waals surface area contributed by atoms with Crippen LogP contribution in [0.15, 0.2) is 18.2 Å². The van der Waals surface area contributed by atoms with Crippen molar-refractivity contribution in [1.82, 2.24) is 5.32 Å². The van der Waals surface area contributed by atoms with Crippen LogP contribution in [0.25, 0.3) is 0 Å². The molecule has 156 valence electrons. The van der Waals surface area contributed by atoms with Gasteiger partial charge in [0.2, 0.25) is 0 Å². The van der Waals surface area contributed by atoms with E-state index >= 15 is 0 Å². The Morgan fingerprint density at radius 3 is 2.68 bits per heavy atom. The molecule has 0 spiro atoms. The fourth-order valence-corrected chi connectivity index (χ4v) is 4.86. The first-order valence-corrected chi connectivity index (χ1v) is 10.7. The van der Waals surface area contributed by atoms with Crippen molar-refractivity contribution in [1.29, 1.82) is 0 Å². The van der Waals surface area contributed by atoms with Crippen molar-refractivity contribution >= 4 is 34.8 Å². The van der Waals surface area contributed by atoms with E-state index in [-0.39, 0.29) is 27.6 Å². The first kappa shape index (κ1) is 23.1. The summed E-state index contributed by atoms with van der Waals surface area (Å²) in [6.45, 7) is 2.04. The van der Waals surface area contributed by atoms with E-state index in [0.29, 0.717) is 31.1 Å². The molecule has 0 aliphatic carbocycles. The lowest BCUT2D eigenvalue weighted by molar-refractivity contribution is -0.137. The summed E-state index contributed by atoms with van der Waals surface area (Å²) in [6, 6.07) is 3.97. The molecule has 5 N–H and O–H groups in total. The zero-order valence-corrected chi connectivity index (χ0v) is 17.9. The van der Waals surface area contributed by atoms with E-state index < -0.39 is 30.3 Å². The molecule has 1 saturated heterocycles. The number of alkyl halides is 1. The van der Waals surface area contributed by atoms with Gasteiger partial charge in [-0.05, 0) is 43.2 Å². The van der Waals surface area contributed by atoms with E-state index in [1.54, 1.807) is 12.1 Å². The average molecular weight is 505 g/mol. The second-order valence-corrected chi connectivity index (χ2v) is 9.38. The van der Waals surface area contributed by atoms with E-state index in [2.05, 4.69) is 27.9 Å². The Kier molecular flexibility index (Phi) is 8.66. The summed E-state index contributed by atoms with van der Waals surface area (Å²) in [7, 11) is 0. The van der Waals surface area contributed by atoms with Crippen LogP contribution in [0.2, 0.25) is 0 Å². The zero-order valence-electron chi connectivity index (χ0n) is 15.8. The molecular weight excluding hydrogens is 477 g/mol. The van der Waals surface area contributed by atoms with Crippen LogP contribution in [-0.4, -0.2) is 60.9 Å². The number of carbonyl (C=O) groups is 2. The highest BCUT2D eigenvalue weighted by Gasteiger charge is 2.32. The lowest BCUT2D eigenvalue weighted by Gasteiger charge is -2.28. The van der Waals surface area contributed by atoms with Gasteiger partial charge >= 0.3 is 0 Å². The smallest absolute Gasteiger partial charge is 0.251 e. The molecule has 1 aliphatic rings. The molecule has 1 aliphatic heterocycles. The molecule has 1 aromatic carbocycles. The number of nitrogens with one attached hydrogen (secondary N) is 1. The third-order valence-electron chi connectivity index (χ3n) is 5.24. The van der Waals surface area contributed by atoms with Crippen molar-refractivity contribution in [3.05, 3.63) is 29.3 Å². The van der Waals surface area contributed by atoms with Crippen molar-refractivity contribution in [2.45, 2.75) is 67.3 Å². The number of halogens is 1. The van der Waals surface area contributed by atoms with Crippen LogP contribution in [0, 0.1) is 5.92 Å². The Labute approximate surface area is 178 Å². The molecule has 1 fully saturated rings. The number of aromatic hydroxyl groups is 1. The van der Waals surface area contributed by atoms with Gasteiger partial charge in [0, 0.05) is 10.3 Å². The molecule has 28 heavy (non-hydrogen) atoms. The molecule has 8 heteroatoms. The minimum Gasteiger partial charge on any atom is -0.507 e. The summed E-state index contributed by atoms with van der Waals surface area (Å²) >= 11 is 2.31. The van der Waals surface area contributed by atoms with Gasteiger partial charge < -0.3 is 25.7 Å². The van der Waals surface area contributed by atoms with Crippen LogP contribution >= 0.6 is 22.6 Å². The summed E-state index contributed by atoms with van der Waals surface area (Å²) < 4.78 is 0.285. The lowest BCUT2D eigenvalue weighted by atomic mass is 9.90. The zero-order chi connectivity index (χ0) is 20.8. The number of phenols is 1. The van der Waals surface area contributed by atoms with Crippen LogP contribution in [0.3, 0.4) is 0 Å². The van der Waals surface area contributed by atoms with Gasteiger partial charge in [-0.25, -0.2) is 0 Å². The summed E-state index contributed by atoms with van der Waals surface area (Å²) in [6.07, 6.45) is -0.773. The van der Waals surface area contributed by atoms with Gasteiger partial charge in [-0.3, -0.25) is 9.59 Å². The van der Waals surface area contributed by atoms with Gasteiger partial charge in [-0.15, -0.1) is 0 Å². The van der Waals surface area contributed by atoms with Gasteiger partial charge in [-0.1, -0.05) is 41.6 Å². The molecule has 1 aromatic rings. The Hall–Kier alpha value is -1.23. The van der Waals surface area contributed by atoms with E-state index in [1.807, 2.05) is 6.92 Å². The average Bonchev–Trinajstić information content (AvgIpc) is 2.65. The summed E-state index contributed by atoms with van der Waals surface area (Å²) in [4.78, 5) is 23.6. The van der Waals surface area contributed by atoms with Crippen molar-refractivity contribution in [2.24, 2.45) is 5.92 Å². The predicted octanol–water partition coefficient (Wildman–Crippen LogP) is 1.33. The third-order valence-corrected chi connectivity index (χ3v) is 6.37. The number of aliphatic hydroxyl groups is 3. The molecule has 0 aromatic heterocycles. The van der Waals surface area contributed by atoms with Gasteiger partial charge in [0.1, 0.15) is 5.75 Å². The first-order valence-electron chi connectivity index (χ1n) is 9.47. The summed E-state index contributed by atoms with van der Waals surface area (Å²) in [5.41, 5.74) is 0.589. The second-order valence-electron chi connectivity index (χ2n) is 7.62. The Morgan fingerprint density at radius 1 is 1.29 bits per heavy atom. The molecule has 0 radical (unpaired) electrons. The largest absolute Gasteiger partial charge is 0.507 e. The topological polar surface area (TPSA) is 127 Å². The first-order chi connectivity index (χ1) is 13.2. The van der Waals surface area contributed by atoms with E-state index in [0.717, 1.165) is 6.42 Å². The van der Waals surface area contributed by atoms with Crippen molar-refractivity contribution in [2.75, 3.05) is 0 Å². The minimum absolute atomic E-state index is 0.0620. The van der Waals surface area contributed by atoms with E-state index in [4.69, 9.17) is 0 Å². The quantitative estimate of drug-likeness (QED) is 0.239. The van der Waals surface area contributed by atoms with E-state index in [1.165, 1.54) is 6.07 Å². The molecule has 1 heterocycles. The van der Waals surface area contributed by atoms with Crippen LogP contribution < -0.4 is 5.32 Å².